The normalized spacial score (nSPS) is 8.85. The third-order valence-electron chi connectivity index (χ3n) is 1.32. The third kappa shape index (κ3) is 5.69. The molecule has 0 aromatic carbocycles. The second-order valence-electron chi connectivity index (χ2n) is 2.82. The minimum absolute atomic E-state index is 0. The van der Waals surface area contributed by atoms with Gasteiger partial charge in [-0.1, -0.05) is 0 Å². The van der Waals surface area contributed by atoms with Crippen LogP contribution in [0.5, 0.6) is 0 Å². The lowest BCUT2D eigenvalue weighted by Crippen LogP contribution is -2.11. The van der Waals surface area contributed by atoms with Crippen LogP contribution < -0.4 is 5.73 Å². The molecule has 0 saturated carbocycles. The van der Waals surface area contributed by atoms with Crippen LogP contribution in [0.2, 0.25) is 0 Å². The van der Waals surface area contributed by atoms with Gasteiger partial charge < -0.3 is 10.6 Å². The SMILES string of the molecule is CN(C)Cc1cc(N)ccn1.Cl.Cl. The first-order valence-corrected chi connectivity index (χ1v) is 3.53. The first kappa shape index (κ1) is 15.0. The molecule has 0 aliphatic heterocycles. The monoisotopic (exact) mass is 223 g/mol. The van der Waals surface area contributed by atoms with E-state index in [9.17, 15) is 0 Å². The molecule has 0 atom stereocenters. The Labute approximate surface area is 91.2 Å². The van der Waals surface area contributed by atoms with E-state index in [1.165, 1.54) is 0 Å². The number of nitrogen functional groups attached to an aromatic ring is 1. The number of nitrogens with zero attached hydrogens (tertiary/aromatic N) is 2. The van der Waals surface area contributed by atoms with Crippen molar-refractivity contribution in [2.24, 2.45) is 0 Å². The molecule has 76 valence electrons. The van der Waals surface area contributed by atoms with E-state index in [0.717, 1.165) is 17.9 Å². The number of hydrogen-bond acceptors (Lipinski definition) is 3. The van der Waals surface area contributed by atoms with Crippen LogP contribution in [0.3, 0.4) is 0 Å². The van der Waals surface area contributed by atoms with E-state index in [0.29, 0.717) is 0 Å². The fraction of sp³-hybridized carbons (Fsp3) is 0.375. The zero-order valence-corrected chi connectivity index (χ0v) is 9.36. The van der Waals surface area contributed by atoms with Crippen molar-refractivity contribution in [2.75, 3.05) is 19.8 Å². The van der Waals surface area contributed by atoms with E-state index < -0.39 is 0 Å². The fourth-order valence-corrected chi connectivity index (χ4v) is 0.907. The summed E-state index contributed by atoms with van der Waals surface area (Å²) in [5.41, 5.74) is 7.36. The van der Waals surface area contributed by atoms with Gasteiger partial charge in [0.05, 0.1) is 5.69 Å². The van der Waals surface area contributed by atoms with E-state index in [1.54, 1.807) is 12.3 Å². The minimum Gasteiger partial charge on any atom is -0.399 e. The van der Waals surface area contributed by atoms with Crippen LogP contribution in [0.25, 0.3) is 0 Å². The van der Waals surface area contributed by atoms with Crippen molar-refractivity contribution in [1.82, 2.24) is 9.88 Å². The van der Waals surface area contributed by atoms with Crippen LogP contribution in [0.1, 0.15) is 5.69 Å². The van der Waals surface area contributed by atoms with Crippen molar-refractivity contribution in [3.05, 3.63) is 24.0 Å². The van der Waals surface area contributed by atoms with Gasteiger partial charge in [0.1, 0.15) is 0 Å². The van der Waals surface area contributed by atoms with Crippen LogP contribution in [0.4, 0.5) is 5.69 Å². The van der Waals surface area contributed by atoms with E-state index in [2.05, 4.69) is 9.88 Å². The number of pyridine rings is 1. The molecule has 5 heteroatoms. The summed E-state index contributed by atoms with van der Waals surface area (Å²) < 4.78 is 0. The maximum Gasteiger partial charge on any atom is 0.0564 e. The van der Waals surface area contributed by atoms with Crippen molar-refractivity contribution >= 4 is 30.5 Å². The van der Waals surface area contributed by atoms with Gasteiger partial charge in [0.15, 0.2) is 0 Å². The highest BCUT2D eigenvalue weighted by molar-refractivity contribution is 5.85. The van der Waals surface area contributed by atoms with Crippen LogP contribution in [0.15, 0.2) is 18.3 Å². The first-order chi connectivity index (χ1) is 5.18. The van der Waals surface area contributed by atoms with Gasteiger partial charge in [-0.25, -0.2) is 0 Å². The van der Waals surface area contributed by atoms with Crippen molar-refractivity contribution in [2.45, 2.75) is 6.54 Å². The van der Waals surface area contributed by atoms with Gasteiger partial charge in [0, 0.05) is 18.4 Å². The van der Waals surface area contributed by atoms with Gasteiger partial charge >= 0.3 is 0 Å². The molecule has 1 aromatic heterocycles. The predicted octanol–water partition coefficient (Wildman–Crippen LogP) is 1.57. The Morgan fingerprint density at radius 1 is 1.38 bits per heavy atom. The van der Waals surface area contributed by atoms with Gasteiger partial charge in [-0.3, -0.25) is 4.98 Å². The van der Waals surface area contributed by atoms with Crippen LogP contribution in [0, 0.1) is 0 Å². The number of anilines is 1. The number of hydrogen-bond donors (Lipinski definition) is 1. The summed E-state index contributed by atoms with van der Waals surface area (Å²) in [4.78, 5) is 6.22. The lowest BCUT2D eigenvalue weighted by Gasteiger charge is -2.08. The molecular weight excluding hydrogens is 209 g/mol. The molecule has 0 bridgehead atoms. The highest BCUT2D eigenvalue weighted by Crippen LogP contribution is 2.03. The highest BCUT2D eigenvalue weighted by atomic mass is 35.5. The standard InChI is InChI=1S/C8H13N3.2ClH/c1-11(2)6-8-5-7(9)3-4-10-8;;/h3-5H,6H2,1-2H3,(H2,9,10);2*1H. The van der Waals surface area contributed by atoms with Crippen molar-refractivity contribution in [3.8, 4) is 0 Å². The Morgan fingerprint density at radius 3 is 2.46 bits per heavy atom. The molecule has 1 aromatic rings. The summed E-state index contributed by atoms with van der Waals surface area (Å²) in [6.45, 7) is 0.838. The summed E-state index contributed by atoms with van der Waals surface area (Å²) in [6.07, 6.45) is 1.73. The summed E-state index contributed by atoms with van der Waals surface area (Å²) in [6, 6.07) is 3.68. The lowest BCUT2D eigenvalue weighted by atomic mass is 10.3. The smallest absolute Gasteiger partial charge is 0.0564 e. The average Bonchev–Trinajstić information content (AvgIpc) is 1.85. The molecule has 3 nitrogen and oxygen atoms in total. The third-order valence-corrected chi connectivity index (χ3v) is 1.32. The van der Waals surface area contributed by atoms with Crippen LogP contribution >= 0.6 is 24.8 Å². The Balaban J connectivity index is 0. The quantitative estimate of drug-likeness (QED) is 0.829. The maximum absolute atomic E-state index is 5.58. The molecule has 1 heterocycles. The molecule has 1 rings (SSSR count). The molecule has 0 fully saturated rings. The predicted molar refractivity (Wildman–Crippen MR) is 60.5 cm³/mol. The molecule has 0 aliphatic rings. The Morgan fingerprint density at radius 2 is 2.00 bits per heavy atom. The Kier molecular flexibility index (Phi) is 8.01. The number of halogens is 2. The molecule has 0 saturated heterocycles. The molecule has 0 aliphatic carbocycles. The first-order valence-electron chi connectivity index (χ1n) is 3.53. The minimum atomic E-state index is 0. The number of nitrogens with two attached hydrogens (primary N) is 1. The van der Waals surface area contributed by atoms with Gasteiger partial charge in [0.25, 0.3) is 0 Å². The average molecular weight is 224 g/mol. The van der Waals surface area contributed by atoms with Gasteiger partial charge in [-0.2, -0.15) is 0 Å². The van der Waals surface area contributed by atoms with E-state index in [4.69, 9.17) is 5.73 Å². The zero-order valence-electron chi connectivity index (χ0n) is 7.73. The fourth-order valence-electron chi connectivity index (χ4n) is 0.907. The summed E-state index contributed by atoms with van der Waals surface area (Å²) >= 11 is 0. The molecule has 0 amide bonds. The summed E-state index contributed by atoms with van der Waals surface area (Å²) in [7, 11) is 4.01. The van der Waals surface area contributed by atoms with Crippen LogP contribution in [-0.4, -0.2) is 24.0 Å². The van der Waals surface area contributed by atoms with Crippen molar-refractivity contribution < 1.29 is 0 Å². The topological polar surface area (TPSA) is 42.1 Å². The highest BCUT2D eigenvalue weighted by Gasteiger charge is 1.95. The van der Waals surface area contributed by atoms with E-state index >= 15 is 0 Å². The molecule has 0 unspecified atom stereocenters. The molecule has 2 N–H and O–H groups in total. The largest absolute Gasteiger partial charge is 0.399 e. The van der Waals surface area contributed by atoms with Crippen molar-refractivity contribution in [1.29, 1.82) is 0 Å². The second-order valence-corrected chi connectivity index (χ2v) is 2.82. The molecule has 0 spiro atoms. The van der Waals surface area contributed by atoms with E-state index in [-0.39, 0.29) is 24.8 Å². The van der Waals surface area contributed by atoms with Gasteiger partial charge in [0.2, 0.25) is 0 Å². The molecular formula is C8H15Cl2N3. The van der Waals surface area contributed by atoms with Gasteiger partial charge in [-0.05, 0) is 26.2 Å². The number of rotatable bonds is 2. The lowest BCUT2D eigenvalue weighted by molar-refractivity contribution is 0.397. The zero-order chi connectivity index (χ0) is 8.27. The summed E-state index contributed by atoms with van der Waals surface area (Å²) in [5, 5.41) is 0. The number of aromatic nitrogens is 1. The molecule has 13 heavy (non-hydrogen) atoms. The molecule has 0 radical (unpaired) electrons. The maximum atomic E-state index is 5.58. The van der Waals surface area contributed by atoms with E-state index in [1.807, 2.05) is 20.2 Å². The van der Waals surface area contributed by atoms with Gasteiger partial charge in [-0.15, -0.1) is 24.8 Å². The second kappa shape index (κ2) is 6.95. The Hall–Kier alpha value is -0.510. The summed E-state index contributed by atoms with van der Waals surface area (Å²) in [5.74, 6) is 0. The van der Waals surface area contributed by atoms with Crippen molar-refractivity contribution in [3.63, 3.8) is 0 Å². The van der Waals surface area contributed by atoms with Crippen LogP contribution in [-0.2, 0) is 6.54 Å². The Bertz CT molecular complexity index is 241.